The van der Waals surface area contributed by atoms with Gasteiger partial charge in [0.25, 0.3) is 5.91 Å². The van der Waals surface area contributed by atoms with Crippen molar-refractivity contribution in [1.29, 1.82) is 0 Å². The number of methoxy groups -OCH3 is 2. The third-order valence-corrected chi connectivity index (χ3v) is 5.44. The molecular formula is C21H25N3O7S. The predicted molar refractivity (Wildman–Crippen MR) is 120 cm³/mol. The Balaban J connectivity index is 2.13. The van der Waals surface area contributed by atoms with Crippen molar-refractivity contribution in [3.63, 3.8) is 0 Å². The zero-order valence-electron chi connectivity index (χ0n) is 18.4. The van der Waals surface area contributed by atoms with E-state index in [1.54, 1.807) is 32.0 Å². The normalized spacial score (nSPS) is 11.2. The Morgan fingerprint density at radius 3 is 2.31 bits per heavy atom. The molecule has 0 atom stereocenters. The Morgan fingerprint density at radius 1 is 1.09 bits per heavy atom. The van der Waals surface area contributed by atoms with Crippen LogP contribution in [0.3, 0.4) is 0 Å². The first-order valence-electron chi connectivity index (χ1n) is 9.36. The number of carbonyl (C=O) groups excluding carboxylic acids is 2. The average Bonchev–Trinajstić information content (AvgIpc) is 2.73. The molecule has 0 aliphatic carbocycles. The van der Waals surface area contributed by atoms with Gasteiger partial charge in [-0.1, -0.05) is 18.2 Å². The molecule has 0 heterocycles. The van der Waals surface area contributed by atoms with Gasteiger partial charge in [0.1, 0.15) is 6.54 Å². The zero-order valence-corrected chi connectivity index (χ0v) is 19.2. The number of carbonyl (C=O) groups is 2. The highest BCUT2D eigenvalue weighted by molar-refractivity contribution is 7.92. The van der Waals surface area contributed by atoms with E-state index < -0.39 is 28.6 Å². The number of para-hydroxylation sites is 1. The minimum atomic E-state index is -3.71. The average molecular weight is 464 g/mol. The molecule has 2 rings (SSSR count). The molecular weight excluding hydrogens is 438 g/mol. The second kappa shape index (κ2) is 10.6. The number of benzene rings is 2. The van der Waals surface area contributed by atoms with Crippen molar-refractivity contribution >= 4 is 34.0 Å². The molecule has 1 amide bonds. The molecule has 0 unspecified atom stereocenters. The number of hydrogen-bond acceptors (Lipinski definition) is 8. The van der Waals surface area contributed by atoms with E-state index >= 15 is 0 Å². The number of nitrogens with zero attached hydrogens (tertiary/aromatic N) is 2. The number of aryl methyl sites for hydroxylation is 2. The summed E-state index contributed by atoms with van der Waals surface area (Å²) in [6.45, 7) is 3.12. The van der Waals surface area contributed by atoms with Crippen molar-refractivity contribution in [2.75, 3.05) is 31.3 Å². The number of hydrogen-bond donors (Lipinski definition) is 1. The Bertz CT molecular complexity index is 1110. The highest BCUT2D eigenvalue weighted by Gasteiger charge is 2.23. The summed E-state index contributed by atoms with van der Waals surface area (Å²) in [7, 11) is -1.13. The van der Waals surface area contributed by atoms with Gasteiger partial charge in [-0.05, 0) is 48.7 Å². The van der Waals surface area contributed by atoms with E-state index in [4.69, 9.17) is 9.47 Å². The van der Waals surface area contributed by atoms with Crippen molar-refractivity contribution < 1.29 is 32.2 Å². The second-order valence-electron chi connectivity index (χ2n) is 6.77. The molecule has 1 N–H and O–H groups in total. The summed E-state index contributed by atoms with van der Waals surface area (Å²) in [6, 6.07) is 9.96. The molecule has 0 aromatic heterocycles. The zero-order chi connectivity index (χ0) is 23.9. The number of hydrazone groups is 1. The van der Waals surface area contributed by atoms with Crippen LogP contribution in [0.5, 0.6) is 11.5 Å². The Labute approximate surface area is 186 Å². The first kappa shape index (κ1) is 24.7. The summed E-state index contributed by atoms with van der Waals surface area (Å²) in [5.74, 6) is -0.214. The standard InChI is InChI=1S/C21H25N3O7S/c1-14-7-6-8-15(2)20(14)24(32(5,27)28)13-19(25)23-22-12-16-9-10-17(18(11-16)29-3)31-21(26)30-4/h6-12H,13H2,1-5H3,(H,23,25)/b22-12-. The monoisotopic (exact) mass is 463 g/mol. The quantitative estimate of drug-likeness (QED) is 0.276. The van der Waals surface area contributed by atoms with Crippen LogP contribution in [-0.2, 0) is 19.6 Å². The van der Waals surface area contributed by atoms with Crippen LogP contribution in [0, 0.1) is 13.8 Å². The highest BCUT2D eigenvalue weighted by Crippen LogP contribution is 2.28. The van der Waals surface area contributed by atoms with Gasteiger partial charge in [-0.3, -0.25) is 9.10 Å². The lowest BCUT2D eigenvalue weighted by Crippen LogP contribution is -2.39. The summed E-state index contributed by atoms with van der Waals surface area (Å²) in [6.07, 6.45) is 1.49. The maximum Gasteiger partial charge on any atom is 0.513 e. The summed E-state index contributed by atoms with van der Waals surface area (Å²) in [5, 5.41) is 3.86. The van der Waals surface area contributed by atoms with Crippen LogP contribution in [-0.4, -0.2) is 53.7 Å². The van der Waals surface area contributed by atoms with Gasteiger partial charge in [0.15, 0.2) is 11.5 Å². The molecule has 0 spiro atoms. The number of anilines is 1. The molecule has 32 heavy (non-hydrogen) atoms. The van der Waals surface area contributed by atoms with E-state index in [1.165, 1.54) is 32.6 Å². The van der Waals surface area contributed by atoms with Crippen molar-refractivity contribution in [1.82, 2.24) is 5.43 Å². The van der Waals surface area contributed by atoms with Crippen LogP contribution in [0.4, 0.5) is 10.5 Å². The van der Waals surface area contributed by atoms with Gasteiger partial charge in [0.05, 0.1) is 32.4 Å². The Hall–Kier alpha value is -3.60. The van der Waals surface area contributed by atoms with Crippen molar-refractivity contribution in [3.05, 3.63) is 53.1 Å². The van der Waals surface area contributed by atoms with E-state index in [0.29, 0.717) is 11.3 Å². The lowest BCUT2D eigenvalue weighted by Gasteiger charge is -2.25. The molecule has 2 aromatic rings. The number of amides is 1. The summed E-state index contributed by atoms with van der Waals surface area (Å²) < 4.78 is 40.2. The van der Waals surface area contributed by atoms with Gasteiger partial charge >= 0.3 is 6.16 Å². The topological polar surface area (TPSA) is 124 Å². The maximum absolute atomic E-state index is 12.4. The van der Waals surface area contributed by atoms with E-state index in [0.717, 1.165) is 21.7 Å². The molecule has 0 saturated heterocycles. The lowest BCUT2D eigenvalue weighted by molar-refractivity contribution is -0.119. The van der Waals surface area contributed by atoms with Crippen LogP contribution in [0.2, 0.25) is 0 Å². The molecule has 10 nitrogen and oxygen atoms in total. The fourth-order valence-electron chi connectivity index (χ4n) is 2.89. The minimum absolute atomic E-state index is 0.151. The molecule has 0 fully saturated rings. The van der Waals surface area contributed by atoms with Crippen molar-refractivity contribution in [2.24, 2.45) is 5.10 Å². The second-order valence-corrected chi connectivity index (χ2v) is 8.68. The van der Waals surface area contributed by atoms with E-state index in [9.17, 15) is 18.0 Å². The van der Waals surface area contributed by atoms with Crippen LogP contribution in [0.25, 0.3) is 0 Å². The largest absolute Gasteiger partial charge is 0.513 e. The van der Waals surface area contributed by atoms with Crippen LogP contribution < -0.4 is 19.2 Å². The number of nitrogens with one attached hydrogen (secondary N) is 1. The number of rotatable bonds is 8. The highest BCUT2D eigenvalue weighted by atomic mass is 32.2. The summed E-state index contributed by atoms with van der Waals surface area (Å²) in [5.41, 5.74) is 4.77. The molecule has 0 aliphatic rings. The van der Waals surface area contributed by atoms with Crippen LogP contribution in [0.1, 0.15) is 16.7 Å². The van der Waals surface area contributed by atoms with Gasteiger partial charge in [0, 0.05) is 0 Å². The minimum Gasteiger partial charge on any atom is -0.493 e. The fourth-order valence-corrected chi connectivity index (χ4v) is 3.86. The molecule has 2 aromatic carbocycles. The van der Waals surface area contributed by atoms with Crippen LogP contribution >= 0.6 is 0 Å². The van der Waals surface area contributed by atoms with E-state index in [1.807, 2.05) is 6.07 Å². The first-order valence-corrected chi connectivity index (χ1v) is 11.2. The van der Waals surface area contributed by atoms with Gasteiger partial charge in [0.2, 0.25) is 10.0 Å². The van der Waals surface area contributed by atoms with E-state index in [-0.39, 0.29) is 11.5 Å². The Kier molecular flexibility index (Phi) is 8.19. The molecule has 11 heteroatoms. The molecule has 0 aliphatic heterocycles. The third-order valence-electron chi connectivity index (χ3n) is 4.33. The smallest absolute Gasteiger partial charge is 0.493 e. The van der Waals surface area contributed by atoms with Gasteiger partial charge in [-0.2, -0.15) is 5.10 Å². The SMILES string of the molecule is COC(=O)Oc1ccc(/C=N\NC(=O)CN(c2c(C)cccc2C)S(C)(=O)=O)cc1OC. The van der Waals surface area contributed by atoms with Crippen LogP contribution in [0.15, 0.2) is 41.5 Å². The summed E-state index contributed by atoms with van der Waals surface area (Å²) in [4.78, 5) is 23.7. The van der Waals surface area contributed by atoms with Crippen molar-refractivity contribution in [3.8, 4) is 11.5 Å². The van der Waals surface area contributed by atoms with Crippen molar-refractivity contribution in [2.45, 2.75) is 13.8 Å². The fraction of sp³-hybridized carbons (Fsp3) is 0.286. The van der Waals surface area contributed by atoms with Gasteiger partial charge in [-0.25, -0.2) is 18.6 Å². The lowest BCUT2D eigenvalue weighted by atomic mass is 10.1. The molecule has 0 saturated carbocycles. The predicted octanol–water partition coefficient (Wildman–Crippen LogP) is 2.37. The molecule has 172 valence electrons. The number of sulfonamides is 1. The summed E-state index contributed by atoms with van der Waals surface area (Å²) >= 11 is 0. The molecule has 0 radical (unpaired) electrons. The van der Waals surface area contributed by atoms with Gasteiger partial charge < -0.3 is 14.2 Å². The third kappa shape index (κ3) is 6.45. The first-order chi connectivity index (χ1) is 15.1. The molecule has 0 bridgehead atoms. The Morgan fingerprint density at radius 2 is 1.75 bits per heavy atom. The maximum atomic E-state index is 12.4. The number of ether oxygens (including phenoxy) is 3. The van der Waals surface area contributed by atoms with Gasteiger partial charge in [-0.15, -0.1) is 0 Å². The van der Waals surface area contributed by atoms with E-state index in [2.05, 4.69) is 15.3 Å².